The van der Waals surface area contributed by atoms with Gasteiger partial charge in [-0.25, -0.2) is 0 Å². The van der Waals surface area contributed by atoms with E-state index in [1.54, 1.807) is 0 Å². The van der Waals surface area contributed by atoms with Crippen LogP contribution in [-0.4, -0.2) is 16.1 Å². The van der Waals surface area contributed by atoms with Crippen LogP contribution in [0.3, 0.4) is 0 Å². The number of hydrogen-bond donors (Lipinski definition) is 0. The predicted molar refractivity (Wildman–Crippen MR) is 73.4 cm³/mol. The molecule has 0 bridgehead atoms. The van der Waals surface area contributed by atoms with Gasteiger partial charge in [0, 0.05) is 17.8 Å². The molecule has 1 heterocycles. The van der Waals surface area contributed by atoms with Crippen molar-refractivity contribution in [2.24, 2.45) is 0 Å². The van der Waals surface area contributed by atoms with E-state index in [4.69, 9.17) is 11.6 Å². The van der Waals surface area contributed by atoms with Crippen molar-refractivity contribution in [1.29, 1.82) is 0 Å². The Kier molecular flexibility index (Phi) is 4.09. The van der Waals surface area contributed by atoms with Gasteiger partial charge < -0.3 is 0 Å². The summed E-state index contributed by atoms with van der Waals surface area (Å²) in [6, 6.07) is 3.47. The molecule has 0 unspecified atom stereocenters. The first-order valence-corrected chi connectivity index (χ1v) is 6.53. The number of nitrogens with zero attached hydrogens (tertiary/aromatic N) is 2. The van der Waals surface area contributed by atoms with Crippen LogP contribution in [0.25, 0.3) is 11.3 Å². The van der Waals surface area contributed by atoms with Crippen molar-refractivity contribution in [3.8, 4) is 11.3 Å². The molecule has 0 aliphatic rings. The molecule has 0 fully saturated rings. The molecule has 3 nitrogen and oxygen atoms in total. The Bertz CT molecular complexity index is 677. The maximum absolute atomic E-state index is 12.9. The van der Waals surface area contributed by atoms with Gasteiger partial charge >= 0.3 is 6.18 Å². The molecule has 2 aromatic rings. The number of halogens is 4. The summed E-state index contributed by atoms with van der Waals surface area (Å²) >= 11 is 5.58. The molecule has 1 aromatic heterocycles. The standard InChI is InChI=1S/C14H12ClF3N2O/c1-8(2)20-6-10(7-21)13(19-20)9-3-4-12(15)11(5-9)14(16,17)18/h3-8H,1-2H3. The lowest BCUT2D eigenvalue weighted by atomic mass is 10.1. The lowest BCUT2D eigenvalue weighted by molar-refractivity contribution is -0.137. The van der Waals surface area contributed by atoms with Crippen LogP contribution >= 0.6 is 11.6 Å². The Morgan fingerprint density at radius 1 is 1.33 bits per heavy atom. The third-order valence-corrected chi connectivity index (χ3v) is 3.29. The zero-order chi connectivity index (χ0) is 15.8. The van der Waals surface area contributed by atoms with Crippen molar-refractivity contribution in [2.45, 2.75) is 26.1 Å². The zero-order valence-electron chi connectivity index (χ0n) is 11.3. The molecule has 1 aromatic carbocycles. The molecule has 0 aliphatic carbocycles. The molecule has 21 heavy (non-hydrogen) atoms. The van der Waals surface area contributed by atoms with Crippen molar-refractivity contribution in [3.63, 3.8) is 0 Å². The number of aromatic nitrogens is 2. The molecule has 0 spiro atoms. The van der Waals surface area contributed by atoms with Crippen LogP contribution in [0.4, 0.5) is 13.2 Å². The zero-order valence-corrected chi connectivity index (χ0v) is 12.0. The van der Waals surface area contributed by atoms with Crippen LogP contribution in [-0.2, 0) is 6.18 Å². The van der Waals surface area contributed by atoms with E-state index in [0.29, 0.717) is 6.29 Å². The molecule has 0 atom stereocenters. The first-order valence-electron chi connectivity index (χ1n) is 6.15. The van der Waals surface area contributed by atoms with Crippen molar-refractivity contribution < 1.29 is 18.0 Å². The summed E-state index contributed by atoms with van der Waals surface area (Å²) in [6.07, 6.45) is -2.48. The number of carbonyl (C=O) groups is 1. The van der Waals surface area contributed by atoms with Crippen LogP contribution in [0.15, 0.2) is 24.4 Å². The summed E-state index contributed by atoms with van der Waals surface area (Å²) in [5.74, 6) is 0. The Balaban J connectivity index is 2.60. The van der Waals surface area contributed by atoms with Gasteiger partial charge in [0.15, 0.2) is 6.29 Å². The first-order chi connectivity index (χ1) is 9.74. The van der Waals surface area contributed by atoms with Gasteiger partial charge in [-0.2, -0.15) is 18.3 Å². The number of rotatable bonds is 3. The number of hydrogen-bond acceptors (Lipinski definition) is 2. The van der Waals surface area contributed by atoms with Gasteiger partial charge in [0.25, 0.3) is 0 Å². The molecule has 0 amide bonds. The van der Waals surface area contributed by atoms with E-state index in [9.17, 15) is 18.0 Å². The van der Waals surface area contributed by atoms with E-state index < -0.39 is 11.7 Å². The van der Waals surface area contributed by atoms with Gasteiger partial charge in [0.05, 0.1) is 16.1 Å². The monoisotopic (exact) mass is 316 g/mol. The average molecular weight is 317 g/mol. The topological polar surface area (TPSA) is 34.9 Å². The van der Waals surface area contributed by atoms with E-state index in [2.05, 4.69) is 5.10 Å². The minimum Gasteiger partial charge on any atom is -0.298 e. The van der Waals surface area contributed by atoms with E-state index >= 15 is 0 Å². The number of benzene rings is 1. The molecule has 112 valence electrons. The Labute approximate surface area is 124 Å². The molecule has 0 saturated carbocycles. The maximum atomic E-state index is 12.9. The maximum Gasteiger partial charge on any atom is 0.417 e. The van der Waals surface area contributed by atoms with Crippen LogP contribution in [0.5, 0.6) is 0 Å². The largest absolute Gasteiger partial charge is 0.417 e. The lowest BCUT2D eigenvalue weighted by Crippen LogP contribution is -2.06. The highest BCUT2D eigenvalue weighted by Crippen LogP contribution is 2.37. The van der Waals surface area contributed by atoms with Crippen LogP contribution < -0.4 is 0 Å². The van der Waals surface area contributed by atoms with Gasteiger partial charge in [0.1, 0.15) is 5.69 Å². The summed E-state index contributed by atoms with van der Waals surface area (Å²) in [5, 5.41) is 3.79. The van der Waals surface area contributed by atoms with Gasteiger partial charge in [-0.15, -0.1) is 0 Å². The molecular weight excluding hydrogens is 305 g/mol. The molecular formula is C14H12ClF3N2O. The number of aldehydes is 1. The SMILES string of the molecule is CC(C)n1cc(C=O)c(-c2ccc(Cl)c(C(F)(F)F)c2)n1. The lowest BCUT2D eigenvalue weighted by Gasteiger charge is -2.10. The quantitative estimate of drug-likeness (QED) is 0.775. The van der Waals surface area contributed by atoms with Crippen molar-refractivity contribution in [2.75, 3.05) is 0 Å². The smallest absolute Gasteiger partial charge is 0.298 e. The molecule has 0 saturated heterocycles. The summed E-state index contributed by atoms with van der Waals surface area (Å²) in [7, 11) is 0. The van der Waals surface area contributed by atoms with Crippen molar-refractivity contribution in [3.05, 3.63) is 40.5 Å². The van der Waals surface area contributed by atoms with Crippen LogP contribution in [0, 0.1) is 0 Å². The van der Waals surface area contributed by atoms with Crippen molar-refractivity contribution in [1.82, 2.24) is 9.78 Å². The van der Waals surface area contributed by atoms with Gasteiger partial charge in [-0.3, -0.25) is 9.48 Å². The van der Waals surface area contributed by atoms with Crippen LogP contribution in [0.2, 0.25) is 5.02 Å². The average Bonchev–Trinajstić information content (AvgIpc) is 2.82. The minimum atomic E-state index is -4.56. The van der Waals surface area contributed by atoms with Gasteiger partial charge in [-0.1, -0.05) is 17.7 Å². The van der Waals surface area contributed by atoms with E-state index in [-0.39, 0.29) is 27.9 Å². The second-order valence-corrected chi connectivity index (χ2v) is 5.22. The fraction of sp³-hybridized carbons (Fsp3) is 0.286. The van der Waals surface area contributed by atoms with Gasteiger partial charge in [-0.05, 0) is 26.0 Å². The first kappa shape index (κ1) is 15.6. The van der Waals surface area contributed by atoms with E-state index in [1.807, 2.05) is 13.8 Å². The predicted octanol–water partition coefficient (Wildman–Crippen LogP) is 4.62. The molecule has 2 rings (SSSR count). The highest BCUT2D eigenvalue weighted by atomic mass is 35.5. The number of alkyl halides is 3. The fourth-order valence-electron chi connectivity index (χ4n) is 1.87. The molecule has 0 radical (unpaired) electrons. The summed E-state index contributed by atoms with van der Waals surface area (Å²) in [6.45, 7) is 3.71. The van der Waals surface area contributed by atoms with E-state index in [1.165, 1.54) is 16.9 Å². The Morgan fingerprint density at radius 2 is 2.00 bits per heavy atom. The van der Waals surface area contributed by atoms with E-state index in [0.717, 1.165) is 12.1 Å². The Morgan fingerprint density at radius 3 is 2.52 bits per heavy atom. The van der Waals surface area contributed by atoms with Crippen LogP contribution in [0.1, 0.15) is 35.8 Å². The normalized spacial score (nSPS) is 12.0. The minimum absolute atomic E-state index is 0.00756. The second-order valence-electron chi connectivity index (χ2n) is 4.82. The summed E-state index contributed by atoms with van der Waals surface area (Å²) < 4.78 is 40.2. The second kappa shape index (κ2) is 5.52. The molecule has 0 aliphatic heterocycles. The summed E-state index contributed by atoms with van der Waals surface area (Å²) in [4.78, 5) is 11.1. The molecule has 7 heteroatoms. The molecule has 0 N–H and O–H groups in total. The third-order valence-electron chi connectivity index (χ3n) is 2.96. The Hall–Kier alpha value is -1.82. The van der Waals surface area contributed by atoms with Crippen molar-refractivity contribution >= 4 is 17.9 Å². The fourth-order valence-corrected chi connectivity index (χ4v) is 2.10. The number of carbonyl (C=O) groups excluding carboxylic acids is 1. The summed E-state index contributed by atoms with van der Waals surface area (Å²) in [5.41, 5.74) is -0.300. The third kappa shape index (κ3) is 3.10. The highest BCUT2D eigenvalue weighted by molar-refractivity contribution is 6.31. The van der Waals surface area contributed by atoms with Gasteiger partial charge in [0.2, 0.25) is 0 Å². The highest BCUT2D eigenvalue weighted by Gasteiger charge is 2.33.